The van der Waals surface area contributed by atoms with Crippen LogP contribution in [-0.2, 0) is 12.7 Å². The van der Waals surface area contributed by atoms with Crippen molar-refractivity contribution < 1.29 is 13.2 Å². The number of hydrogen-bond donors (Lipinski definition) is 2. The summed E-state index contributed by atoms with van der Waals surface area (Å²) >= 11 is 4.21. The lowest BCUT2D eigenvalue weighted by molar-refractivity contribution is -0.137. The Balaban J connectivity index is 2.49. The maximum absolute atomic E-state index is 13.2. The highest BCUT2D eigenvalue weighted by Crippen LogP contribution is 2.40. The van der Waals surface area contributed by atoms with E-state index < -0.39 is 11.7 Å². The summed E-state index contributed by atoms with van der Waals surface area (Å²) in [7, 11) is 0. The van der Waals surface area contributed by atoms with Crippen LogP contribution in [0.15, 0.2) is 42.5 Å². The summed E-state index contributed by atoms with van der Waals surface area (Å²) in [5.74, 6) is 0. The second-order valence-corrected chi connectivity index (χ2v) is 5.10. The number of hydrogen-bond acceptors (Lipinski definition) is 3. The van der Waals surface area contributed by atoms with Crippen molar-refractivity contribution in [1.82, 2.24) is 0 Å². The number of alkyl halides is 3. The molecule has 2 nitrogen and oxygen atoms in total. The molecule has 112 valence electrons. The number of thiol groups is 1. The van der Waals surface area contributed by atoms with Gasteiger partial charge in [-0.25, -0.2) is 0 Å². The third kappa shape index (κ3) is 3.51. The van der Waals surface area contributed by atoms with Crippen molar-refractivity contribution in [2.24, 2.45) is 5.73 Å². The van der Waals surface area contributed by atoms with Crippen molar-refractivity contribution in [2.45, 2.75) is 19.6 Å². The number of anilines is 2. The first kappa shape index (κ1) is 15.7. The van der Waals surface area contributed by atoms with Crippen LogP contribution in [0.25, 0.3) is 0 Å². The van der Waals surface area contributed by atoms with Gasteiger partial charge in [0.15, 0.2) is 0 Å². The van der Waals surface area contributed by atoms with Crippen LogP contribution < -0.4 is 10.0 Å². The van der Waals surface area contributed by atoms with Gasteiger partial charge in [0.05, 0.1) is 16.9 Å². The summed E-state index contributed by atoms with van der Waals surface area (Å²) in [6.45, 7) is 1.96. The van der Waals surface area contributed by atoms with Gasteiger partial charge in [-0.15, -0.1) is 0 Å². The highest BCUT2D eigenvalue weighted by atomic mass is 32.1. The minimum Gasteiger partial charge on any atom is -0.326 e. The Bertz CT molecular complexity index is 624. The predicted molar refractivity (Wildman–Crippen MR) is 81.6 cm³/mol. The Labute approximate surface area is 126 Å². The summed E-state index contributed by atoms with van der Waals surface area (Å²) in [4.78, 5) is 0. The van der Waals surface area contributed by atoms with Crippen molar-refractivity contribution in [3.05, 3.63) is 59.2 Å². The van der Waals surface area contributed by atoms with Gasteiger partial charge < -0.3 is 5.73 Å². The van der Waals surface area contributed by atoms with Crippen LogP contribution in [0, 0.1) is 6.92 Å². The molecule has 2 aromatic carbocycles. The molecule has 0 atom stereocenters. The lowest BCUT2D eigenvalue weighted by Crippen LogP contribution is -2.14. The van der Waals surface area contributed by atoms with Gasteiger partial charge >= 0.3 is 6.18 Å². The average Bonchev–Trinajstić information content (AvgIpc) is 2.46. The number of rotatable bonds is 3. The van der Waals surface area contributed by atoms with E-state index in [1.165, 1.54) is 10.4 Å². The molecule has 0 aliphatic carbocycles. The van der Waals surface area contributed by atoms with E-state index in [4.69, 9.17) is 5.73 Å². The molecular weight excluding hydrogens is 297 g/mol. The van der Waals surface area contributed by atoms with E-state index in [0.717, 1.165) is 11.6 Å². The molecule has 0 unspecified atom stereocenters. The Morgan fingerprint density at radius 1 is 1.10 bits per heavy atom. The largest absolute Gasteiger partial charge is 0.418 e. The number of aryl methyl sites for hydroxylation is 1. The van der Waals surface area contributed by atoms with E-state index >= 15 is 0 Å². The van der Waals surface area contributed by atoms with Crippen molar-refractivity contribution in [1.29, 1.82) is 0 Å². The molecule has 0 spiro atoms. The van der Waals surface area contributed by atoms with E-state index in [0.29, 0.717) is 11.3 Å². The van der Waals surface area contributed by atoms with Crippen molar-refractivity contribution in [3.63, 3.8) is 0 Å². The van der Waals surface area contributed by atoms with Crippen molar-refractivity contribution in [3.8, 4) is 0 Å². The van der Waals surface area contributed by atoms with Gasteiger partial charge in [0.2, 0.25) is 0 Å². The quantitative estimate of drug-likeness (QED) is 0.820. The first-order chi connectivity index (χ1) is 9.82. The highest BCUT2D eigenvalue weighted by molar-refractivity contribution is 7.82. The monoisotopic (exact) mass is 312 g/mol. The number of benzene rings is 2. The van der Waals surface area contributed by atoms with Gasteiger partial charge in [0.1, 0.15) is 0 Å². The molecule has 0 heterocycles. The van der Waals surface area contributed by atoms with E-state index in [2.05, 4.69) is 12.8 Å². The Kier molecular flexibility index (Phi) is 4.49. The van der Waals surface area contributed by atoms with E-state index in [1.54, 1.807) is 18.2 Å². The minimum atomic E-state index is -4.47. The summed E-state index contributed by atoms with van der Waals surface area (Å²) in [6, 6.07) is 11.1. The van der Waals surface area contributed by atoms with Crippen LogP contribution in [0.3, 0.4) is 0 Å². The summed E-state index contributed by atoms with van der Waals surface area (Å²) in [5.41, 5.74) is 6.66. The fraction of sp³-hybridized carbons (Fsp3) is 0.200. The zero-order valence-corrected chi connectivity index (χ0v) is 12.2. The summed E-state index contributed by atoms with van der Waals surface area (Å²) in [6.07, 6.45) is -4.47. The molecule has 0 radical (unpaired) electrons. The van der Waals surface area contributed by atoms with Crippen LogP contribution >= 0.6 is 12.8 Å². The van der Waals surface area contributed by atoms with Gasteiger partial charge in [-0.05, 0) is 36.8 Å². The van der Waals surface area contributed by atoms with E-state index in [9.17, 15) is 13.2 Å². The second-order valence-electron chi connectivity index (χ2n) is 4.70. The number of nitrogens with zero attached hydrogens (tertiary/aromatic N) is 1. The first-order valence-corrected chi connectivity index (χ1v) is 6.69. The summed E-state index contributed by atoms with van der Waals surface area (Å²) < 4.78 is 40.8. The topological polar surface area (TPSA) is 29.3 Å². The first-order valence-electron chi connectivity index (χ1n) is 6.29. The molecule has 0 aliphatic heterocycles. The Morgan fingerprint density at radius 3 is 2.24 bits per heavy atom. The Morgan fingerprint density at radius 2 is 1.71 bits per heavy atom. The molecular formula is C15H15F3N2S. The predicted octanol–water partition coefficient (Wildman–Crippen LogP) is 4.46. The second kappa shape index (κ2) is 5.99. The fourth-order valence-corrected chi connectivity index (χ4v) is 2.25. The van der Waals surface area contributed by atoms with E-state index in [-0.39, 0.29) is 12.2 Å². The third-order valence-electron chi connectivity index (χ3n) is 3.11. The highest BCUT2D eigenvalue weighted by Gasteiger charge is 2.35. The van der Waals surface area contributed by atoms with Crippen LogP contribution in [0.5, 0.6) is 0 Å². The van der Waals surface area contributed by atoms with Gasteiger partial charge in [-0.1, -0.05) is 36.6 Å². The third-order valence-corrected chi connectivity index (χ3v) is 3.56. The Hall–Kier alpha value is -1.66. The van der Waals surface area contributed by atoms with Crippen LogP contribution in [0.1, 0.15) is 16.7 Å². The van der Waals surface area contributed by atoms with Gasteiger partial charge in [0.25, 0.3) is 0 Å². The number of nitrogens with two attached hydrogens (primary N) is 1. The van der Waals surface area contributed by atoms with E-state index in [1.807, 2.05) is 19.1 Å². The fourth-order valence-electron chi connectivity index (χ4n) is 1.95. The zero-order chi connectivity index (χ0) is 15.6. The molecule has 0 saturated heterocycles. The molecule has 2 aromatic rings. The lowest BCUT2D eigenvalue weighted by Gasteiger charge is -2.23. The van der Waals surface area contributed by atoms with Crippen LogP contribution in [0.4, 0.5) is 24.5 Å². The minimum absolute atomic E-state index is 0.0214. The molecule has 0 saturated carbocycles. The maximum Gasteiger partial charge on any atom is 0.418 e. The molecule has 6 heteroatoms. The normalized spacial score (nSPS) is 11.5. The lowest BCUT2D eigenvalue weighted by atomic mass is 10.1. The van der Waals surface area contributed by atoms with Gasteiger partial charge in [0, 0.05) is 6.54 Å². The van der Waals surface area contributed by atoms with Crippen LogP contribution in [-0.4, -0.2) is 0 Å². The van der Waals surface area contributed by atoms with Crippen LogP contribution in [0.2, 0.25) is 0 Å². The standard InChI is InChI=1S/C15H15F3N2S/c1-10-2-5-12(6-3-10)20(21)14-7-4-11(9-19)8-13(14)15(16,17)18/h2-8,21H,9,19H2,1H3. The molecule has 0 amide bonds. The van der Waals surface area contributed by atoms with Crippen molar-refractivity contribution >= 4 is 24.2 Å². The molecule has 0 aliphatic rings. The molecule has 2 N–H and O–H groups in total. The molecule has 2 rings (SSSR count). The molecule has 0 fully saturated rings. The SMILES string of the molecule is Cc1ccc(N(S)c2ccc(CN)cc2C(F)(F)F)cc1. The summed E-state index contributed by atoms with van der Waals surface area (Å²) in [5, 5.41) is 0. The molecule has 0 bridgehead atoms. The van der Waals surface area contributed by atoms with Gasteiger partial charge in [-0.3, -0.25) is 4.31 Å². The van der Waals surface area contributed by atoms with Gasteiger partial charge in [-0.2, -0.15) is 13.2 Å². The average molecular weight is 312 g/mol. The smallest absolute Gasteiger partial charge is 0.326 e. The number of halogens is 3. The zero-order valence-electron chi connectivity index (χ0n) is 11.4. The maximum atomic E-state index is 13.2. The molecule has 0 aromatic heterocycles. The van der Waals surface area contributed by atoms with Crippen molar-refractivity contribution in [2.75, 3.05) is 4.31 Å². The molecule has 21 heavy (non-hydrogen) atoms.